The van der Waals surface area contributed by atoms with Gasteiger partial charge in [0.05, 0.1) is 66.1 Å². The summed E-state index contributed by atoms with van der Waals surface area (Å²) in [5, 5.41) is 0. The monoisotopic (exact) mass is 719 g/mol. The summed E-state index contributed by atoms with van der Waals surface area (Å²) in [5.74, 6) is 0.928. The van der Waals surface area contributed by atoms with Crippen molar-refractivity contribution in [3.05, 3.63) is 89.5 Å². The molecule has 4 rings (SSSR count). The molecule has 286 valence electrons. The van der Waals surface area contributed by atoms with Gasteiger partial charge in [-0.05, 0) is 52.8 Å². The van der Waals surface area contributed by atoms with Gasteiger partial charge in [-0.1, -0.05) is 106 Å². The van der Waals surface area contributed by atoms with Crippen molar-refractivity contribution in [1.82, 2.24) is 4.90 Å². The average molecular weight is 720 g/mol. The molecule has 0 saturated carbocycles. The molecule has 0 bridgehead atoms. The fourth-order valence-corrected chi connectivity index (χ4v) is 6.24. The van der Waals surface area contributed by atoms with Crippen molar-refractivity contribution in [2.45, 2.75) is 64.2 Å². The Labute approximate surface area is 311 Å². The highest BCUT2D eigenvalue weighted by atomic mass is 16.6. The van der Waals surface area contributed by atoms with Crippen LogP contribution in [0.3, 0.4) is 0 Å². The second-order valence-electron chi connectivity index (χ2n) is 13.2. The zero-order valence-electron chi connectivity index (χ0n) is 31.6. The van der Waals surface area contributed by atoms with E-state index in [4.69, 9.17) is 33.2 Å². The number of hydrogen-bond donors (Lipinski definition) is 0. The summed E-state index contributed by atoms with van der Waals surface area (Å²) in [5.41, 5.74) is 6.20. The Balaban J connectivity index is 0.876. The SMILES string of the molecule is CCCCCCCCCc1ccc(OCCOCCOCCOCCOCCOCCN(C)C(=O)OCC2c3ccccc3-c3ccccc32)cc1. The maximum atomic E-state index is 12.6. The Hall–Kier alpha value is -3.47. The van der Waals surface area contributed by atoms with Crippen molar-refractivity contribution >= 4 is 6.09 Å². The van der Waals surface area contributed by atoms with Gasteiger partial charge in [0, 0.05) is 19.5 Å². The minimum Gasteiger partial charge on any atom is -0.491 e. The topological polar surface area (TPSA) is 84.9 Å². The van der Waals surface area contributed by atoms with E-state index in [0.29, 0.717) is 85.8 Å². The van der Waals surface area contributed by atoms with Crippen LogP contribution in [0.15, 0.2) is 72.8 Å². The van der Waals surface area contributed by atoms with Gasteiger partial charge >= 0.3 is 6.09 Å². The number of hydrogen-bond acceptors (Lipinski definition) is 8. The number of benzene rings is 3. The highest BCUT2D eigenvalue weighted by Crippen LogP contribution is 2.44. The number of nitrogens with zero attached hydrogens (tertiary/aromatic N) is 1. The van der Waals surface area contributed by atoms with Crippen LogP contribution in [0.4, 0.5) is 4.79 Å². The summed E-state index contributed by atoms with van der Waals surface area (Å²) in [7, 11) is 1.72. The molecule has 0 aliphatic heterocycles. The summed E-state index contributed by atoms with van der Waals surface area (Å²) < 4.78 is 39.4. The van der Waals surface area contributed by atoms with E-state index in [1.54, 1.807) is 11.9 Å². The van der Waals surface area contributed by atoms with Crippen LogP contribution in [-0.2, 0) is 34.8 Å². The molecule has 0 heterocycles. The Kier molecular flexibility index (Phi) is 20.2. The third-order valence-corrected chi connectivity index (χ3v) is 9.20. The molecular weight excluding hydrogens is 658 g/mol. The van der Waals surface area contributed by atoms with E-state index in [-0.39, 0.29) is 12.0 Å². The number of carbonyl (C=O) groups excluding carboxylic acids is 1. The van der Waals surface area contributed by atoms with Crippen LogP contribution in [-0.4, -0.2) is 104 Å². The van der Waals surface area contributed by atoms with Gasteiger partial charge in [-0.2, -0.15) is 0 Å². The second-order valence-corrected chi connectivity index (χ2v) is 13.2. The lowest BCUT2D eigenvalue weighted by Gasteiger charge is -2.19. The molecule has 0 radical (unpaired) electrons. The molecule has 52 heavy (non-hydrogen) atoms. The predicted molar refractivity (Wildman–Crippen MR) is 205 cm³/mol. The molecule has 1 aliphatic carbocycles. The third-order valence-electron chi connectivity index (χ3n) is 9.20. The standard InChI is InChI=1S/C43H61NO8/c1-3-4-5-6-7-8-9-14-36-19-21-37(22-20-36)51-34-33-50-32-31-49-30-29-48-28-27-47-26-25-46-24-23-44(2)43(45)52-35-42-40-17-12-10-15-38(40)39-16-11-13-18-41(39)42/h10-13,15-22,42H,3-9,14,23-35H2,1-2H3. The first-order valence-corrected chi connectivity index (χ1v) is 19.3. The first-order chi connectivity index (χ1) is 25.7. The summed E-state index contributed by atoms with van der Waals surface area (Å²) in [6, 6.07) is 25.1. The molecule has 0 N–H and O–H groups in total. The normalized spacial score (nSPS) is 12.1. The number of rotatable bonds is 29. The van der Waals surface area contributed by atoms with Gasteiger partial charge in [0.2, 0.25) is 0 Å². The van der Waals surface area contributed by atoms with E-state index in [2.05, 4.69) is 55.5 Å². The van der Waals surface area contributed by atoms with E-state index in [0.717, 1.165) is 12.2 Å². The van der Waals surface area contributed by atoms with Gasteiger partial charge in [0.1, 0.15) is 19.0 Å². The first-order valence-electron chi connectivity index (χ1n) is 19.3. The summed E-state index contributed by atoms with van der Waals surface area (Å²) >= 11 is 0. The number of unbranched alkanes of at least 4 members (excludes halogenated alkanes) is 6. The summed E-state index contributed by atoms with van der Waals surface area (Å²) in [4.78, 5) is 14.2. The Morgan fingerprint density at radius 2 is 1.06 bits per heavy atom. The van der Waals surface area contributed by atoms with Gasteiger partial charge in [-0.3, -0.25) is 0 Å². The van der Waals surface area contributed by atoms with E-state index < -0.39 is 0 Å². The fraction of sp³-hybridized carbons (Fsp3) is 0.558. The van der Waals surface area contributed by atoms with Gasteiger partial charge < -0.3 is 38.1 Å². The minimum atomic E-state index is -0.356. The maximum Gasteiger partial charge on any atom is 0.409 e. The van der Waals surface area contributed by atoms with Crippen LogP contribution < -0.4 is 4.74 Å². The molecular formula is C43H61NO8. The number of ether oxygens (including phenoxy) is 7. The van der Waals surface area contributed by atoms with E-state index in [9.17, 15) is 4.79 Å². The average Bonchev–Trinajstić information content (AvgIpc) is 3.49. The van der Waals surface area contributed by atoms with Crippen molar-refractivity contribution < 1.29 is 38.0 Å². The third kappa shape index (κ3) is 15.2. The van der Waals surface area contributed by atoms with Crippen LogP contribution >= 0.6 is 0 Å². The van der Waals surface area contributed by atoms with Gasteiger partial charge in [0.25, 0.3) is 0 Å². The van der Waals surface area contributed by atoms with Crippen molar-refractivity contribution in [1.29, 1.82) is 0 Å². The highest BCUT2D eigenvalue weighted by molar-refractivity contribution is 5.79. The van der Waals surface area contributed by atoms with Gasteiger partial charge in [0.15, 0.2) is 0 Å². The molecule has 0 aromatic heterocycles. The number of likely N-dealkylation sites (N-methyl/N-ethyl adjacent to an activating group) is 1. The molecule has 9 nitrogen and oxygen atoms in total. The molecule has 0 saturated heterocycles. The van der Waals surface area contributed by atoms with E-state index in [1.807, 2.05) is 24.3 Å². The molecule has 9 heteroatoms. The Bertz CT molecular complexity index is 1340. The number of aryl methyl sites for hydroxylation is 1. The molecule has 0 spiro atoms. The van der Waals surface area contributed by atoms with Crippen LogP contribution in [0.2, 0.25) is 0 Å². The van der Waals surface area contributed by atoms with Crippen LogP contribution in [0, 0.1) is 0 Å². The molecule has 0 unspecified atom stereocenters. The van der Waals surface area contributed by atoms with Crippen molar-refractivity contribution in [3.8, 4) is 16.9 Å². The first kappa shape index (κ1) is 41.3. The molecule has 0 fully saturated rings. The lowest BCUT2D eigenvalue weighted by atomic mass is 9.98. The number of fused-ring (bicyclic) bond motifs is 3. The van der Waals surface area contributed by atoms with Crippen LogP contribution in [0.5, 0.6) is 5.75 Å². The minimum absolute atomic E-state index is 0.0455. The van der Waals surface area contributed by atoms with Gasteiger partial charge in [-0.15, -0.1) is 0 Å². The molecule has 1 aliphatic rings. The van der Waals surface area contributed by atoms with E-state index in [1.165, 1.54) is 72.8 Å². The lowest BCUT2D eigenvalue weighted by Crippen LogP contribution is -2.32. The molecule has 3 aromatic rings. The van der Waals surface area contributed by atoms with Crippen molar-refractivity contribution in [2.75, 3.05) is 92.9 Å². The number of amides is 1. The lowest BCUT2D eigenvalue weighted by molar-refractivity contribution is -0.0135. The largest absolute Gasteiger partial charge is 0.491 e. The number of carbonyl (C=O) groups is 1. The van der Waals surface area contributed by atoms with Gasteiger partial charge in [-0.25, -0.2) is 4.79 Å². The zero-order valence-corrected chi connectivity index (χ0v) is 31.6. The Morgan fingerprint density at radius 1 is 0.577 bits per heavy atom. The van der Waals surface area contributed by atoms with Crippen LogP contribution in [0.1, 0.15) is 74.5 Å². The smallest absolute Gasteiger partial charge is 0.409 e. The summed E-state index contributed by atoms with van der Waals surface area (Å²) in [6.07, 6.45) is 10.1. The molecule has 1 amide bonds. The second kappa shape index (κ2) is 25.5. The Morgan fingerprint density at radius 3 is 1.62 bits per heavy atom. The highest BCUT2D eigenvalue weighted by Gasteiger charge is 2.29. The van der Waals surface area contributed by atoms with Crippen molar-refractivity contribution in [3.63, 3.8) is 0 Å². The zero-order chi connectivity index (χ0) is 36.5. The van der Waals surface area contributed by atoms with E-state index >= 15 is 0 Å². The maximum absolute atomic E-state index is 12.6. The summed E-state index contributed by atoms with van der Waals surface area (Å²) in [6.45, 7) is 8.36. The van der Waals surface area contributed by atoms with Crippen LogP contribution in [0.25, 0.3) is 11.1 Å². The molecule has 0 atom stereocenters. The predicted octanol–water partition coefficient (Wildman–Crippen LogP) is 8.32. The van der Waals surface area contributed by atoms with Crippen molar-refractivity contribution in [2.24, 2.45) is 0 Å². The fourth-order valence-electron chi connectivity index (χ4n) is 6.24. The molecule has 3 aromatic carbocycles. The quantitative estimate of drug-likeness (QED) is 0.0663.